The van der Waals surface area contributed by atoms with Gasteiger partial charge in [-0.25, -0.2) is 0 Å². The maximum atomic E-state index is 12.6. The Morgan fingerprint density at radius 3 is 1.96 bits per heavy atom. The zero-order chi connectivity index (χ0) is 17.6. The molecular formula is C21H34BrNO. The molecule has 0 atom stereocenters. The standard InChI is InChI=1S/C21H34BrNO/c1-3-5-6-7-8-9-10-11-12-15-18-23(4-2)21(24)19-16-13-14-17-20(19)22/h13-14,16-17H,3-12,15,18H2,1-2H3. The van der Waals surface area contributed by atoms with Crippen LogP contribution < -0.4 is 0 Å². The largest absolute Gasteiger partial charge is 0.339 e. The van der Waals surface area contributed by atoms with Gasteiger partial charge in [-0.1, -0.05) is 76.8 Å². The molecule has 0 saturated heterocycles. The summed E-state index contributed by atoms with van der Waals surface area (Å²) in [5.41, 5.74) is 0.770. The highest BCUT2D eigenvalue weighted by Gasteiger charge is 2.15. The van der Waals surface area contributed by atoms with Gasteiger partial charge in [-0.05, 0) is 41.4 Å². The van der Waals surface area contributed by atoms with E-state index in [1.807, 2.05) is 29.2 Å². The summed E-state index contributed by atoms with van der Waals surface area (Å²) in [6, 6.07) is 7.70. The monoisotopic (exact) mass is 395 g/mol. The van der Waals surface area contributed by atoms with E-state index in [0.717, 1.165) is 29.5 Å². The van der Waals surface area contributed by atoms with E-state index in [1.165, 1.54) is 57.8 Å². The number of nitrogens with zero attached hydrogens (tertiary/aromatic N) is 1. The second kappa shape index (κ2) is 13.5. The van der Waals surface area contributed by atoms with Crippen LogP contribution in [0.25, 0.3) is 0 Å². The van der Waals surface area contributed by atoms with E-state index in [4.69, 9.17) is 0 Å². The molecule has 3 heteroatoms. The third-order valence-electron chi connectivity index (χ3n) is 4.55. The first-order valence-corrected chi connectivity index (χ1v) is 10.5. The molecule has 1 amide bonds. The normalized spacial score (nSPS) is 10.8. The number of hydrogen-bond donors (Lipinski definition) is 0. The Morgan fingerprint density at radius 2 is 1.42 bits per heavy atom. The van der Waals surface area contributed by atoms with Crippen LogP contribution in [0.15, 0.2) is 28.7 Å². The Morgan fingerprint density at radius 1 is 0.875 bits per heavy atom. The van der Waals surface area contributed by atoms with Crippen molar-refractivity contribution in [2.45, 2.75) is 78.1 Å². The van der Waals surface area contributed by atoms with Gasteiger partial charge in [0.05, 0.1) is 5.56 Å². The zero-order valence-corrected chi connectivity index (χ0v) is 17.1. The summed E-state index contributed by atoms with van der Waals surface area (Å²) in [5, 5.41) is 0. The van der Waals surface area contributed by atoms with E-state index >= 15 is 0 Å². The SMILES string of the molecule is CCCCCCCCCCCCN(CC)C(=O)c1ccccc1Br. The molecule has 0 heterocycles. The van der Waals surface area contributed by atoms with E-state index in [9.17, 15) is 4.79 Å². The van der Waals surface area contributed by atoms with Crippen molar-refractivity contribution in [3.8, 4) is 0 Å². The van der Waals surface area contributed by atoms with Crippen LogP contribution in [-0.4, -0.2) is 23.9 Å². The number of benzene rings is 1. The minimum Gasteiger partial charge on any atom is -0.339 e. The lowest BCUT2D eigenvalue weighted by Gasteiger charge is -2.21. The van der Waals surface area contributed by atoms with Gasteiger partial charge in [0, 0.05) is 17.6 Å². The van der Waals surface area contributed by atoms with Gasteiger partial charge < -0.3 is 4.90 Å². The molecule has 0 N–H and O–H groups in total. The number of carbonyl (C=O) groups is 1. The summed E-state index contributed by atoms with van der Waals surface area (Å²) in [6.45, 7) is 5.97. The molecule has 0 aliphatic heterocycles. The molecule has 0 radical (unpaired) electrons. The fourth-order valence-electron chi connectivity index (χ4n) is 3.00. The molecule has 136 valence electrons. The molecule has 0 aliphatic rings. The van der Waals surface area contributed by atoms with Gasteiger partial charge >= 0.3 is 0 Å². The average Bonchev–Trinajstić information content (AvgIpc) is 2.60. The van der Waals surface area contributed by atoms with Crippen LogP contribution in [0.1, 0.15) is 88.4 Å². The molecule has 0 fully saturated rings. The second-order valence-corrected chi connectivity index (χ2v) is 7.40. The molecule has 0 unspecified atom stereocenters. The predicted octanol–water partition coefficient (Wildman–Crippen LogP) is 6.83. The predicted molar refractivity (Wildman–Crippen MR) is 108 cm³/mol. The van der Waals surface area contributed by atoms with Crippen LogP contribution in [0.4, 0.5) is 0 Å². The van der Waals surface area contributed by atoms with Crippen molar-refractivity contribution in [1.29, 1.82) is 0 Å². The van der Waals surface area contributed by atoms with Crippen LogP contribution in [-0.2, 0) is 0 Å². The van der Waals surface area contributed by atoms with Crippen LogP contribution in [0.5, 0.6) is 0 Å². The lowest BCUT2D eigenvalue weighted by Crippen LogP contribution is -2.32. The van der Waals surface area contributed by atoms with Crippen molar-refractivity contribution in [3.05, 3.63) is 34.3 Å². The fraction of sp³-hybridized carbons (Fsp3) is 0.667. The number of carbonyl (C=O) groups excluding carboxylic acids is 1. The van der Waals surface area contributed by atoms with Crippen LogP contribution in [0, 0.1) is 0 Å². The van der Waals surface area contributed by atoms with Crippen molar-refractivity contribution in [1.82, 2.24) is 4.90 Å². The molecule has 2 nitrogen and oxygen atoms in total. The van der Waals surface area contributed by atoms with Crippen molar-refractivity contribution in [2.75, 3.05) is 13.1 Å². The van der Waals surface area contributed by atoms with E-state index in [0.29, 0.717) is 0 Å². The zero-order valence-electron chi connectivity index (χ0n) is 15.5. The highest BCUT2D eigenvalue weighted by molar-refractivity contribution is 9.10. The first kappa shape index (κ1) is 21.2. The van der Waals surface area contributed by atoms with Gasteiger partial charge in [-0.2, -0.15) is 0 Å². The maximum absolute atomic E-state index is 12.6. The smallest absolute Gasteiger partial charge is 0.254 e. The first-order valence-electron chi connectivity index (χ1n) is 9.74. The molecule has 1 rings (SSSR count). The molecule has 24 heavy (non-hydrogen) atoms. The highest BCUT2D eigenvalue weighted by Crippen LogP contribution is 2.18. The van der Waals surface area contributed by atoms with Crippen molar-refractivity contribution >= 4 is 21.8 Å². The van der Waals surface area contributed by atoms with Gasteiger partial charge in [0.2, 0.25) is 0 Å². The minimum absolute atomic E-state index is 0.140. The molecular weight excluding hydrogens is 362 g/mol. The minimum atomic E-state index is 0.140. The van der Waals surface area contributed by atoms with Crippen LogP contribution in [0.3, 0.4) is 0 Å². The van der Waals surface area contributed by atoms with Gasteiger partial charge in [-0.15, -0.1) is 0 Å². The summed E-state index contributed by atoms with van der Waals surface area (Å²) in [6.07, 6.45) is 13.3. The third kappa shape index (κ3) is 8.32. The fourth-order valence-corrected chi connectivity index (χ4v) is 3.45. The number of hydrogen-bond acceptors (Lipinski definition) is 1. The van der Waals surface area contributed by atoms with Crippen molar-refractivity contribution < 1.29 is 4.79 Å². The lowest BCUT2D eigenvalue weighted by molar-refractivity contribution is 0.0760. The molecule has 1 aromatic rings. The second-order valence-electron chi connectivity index (χ2n) is 6.55. The van der Waals surface area contributed by atoms with Gasteiger partial charge in [0.25, 0.3) is 5.91 Å². The summed E-state index contributed by atoms with van der Waals surface area (Å²) < 4.78 is 0.886. The van der Waals surface area contributed by atoms with Gasteiger partial charge in [0.1, 0.15) is 0 Å². The molecule has 1 aromatic carbocycles. The summed E-state index contributed by atoms with van der Waals surface area (Å²) in [7, 11) is 0. The van der Waals surface area contributed by atoms with Gasteiger partial charge in [-0.3, -0.25) is 4.79 Å². The number of unbranched alkanes of at least 4 members (excludes halogenated alkanes) is 9. The molecule has 0 bridgehead atoms. The van der Waals surface area contributed by atoms with Crippen molar-refractivity contribution in [3.63, 3.8) is 0 Å². The Balaban J connectivity index is 2.16. The van der Waals surface area contributed by atoms with Crippen LogP contribution in [0.2, 0.25) is 0 Å². The molecule has 0 aromatic heterocycles. The number of halogens is 1. The van der Waals surface area contributed by atoms with Crippen LogP contribution >= 0.6 is 15.9 Å². The maximum Gasteiger partial charge on any atom is 0.254 e. The molecule has 0 spiro atoms. The molecule has 0 aliphatic carbocycles. The molecule has 0 saturated carbocycles. The quantitative estimate of drug-likeness (QED) is 0.335. The third-order valence-corrected chi connectivity index (χ3v) is 5.25. The Labute approximate surface area is 157 Å². The number of amides is 1. The Bertz CT molecular complexity index is 461. The Hall–Kier alpha value is -0.830. The van der Waals surface area contributed by atoms with E-state index in [1.54, 1.807) is 0 Å². The summed E-state index contributed by atoms with van der Waals surface area (Å²) in [4.78, 5) is 14.5. The Kier molecular flexibility index (Phi) is 11.9. The first-order chi connectivity index (χ1) is 11.7. The highest BCUT2D eigenvalue weighted by atomic mass is 79.9. The number of rotatable bonds is 13. The topological polar surface area (TPSA) is 20.3 Å². The summed E-state index contributed by atoms with van der Waals surface area (Å²) >= 11 is 3.48. The summed E-state index contributed by atoms with van der Waals surface area (Å²) in [5.74, 6) is 0.140. The van der Waals surface area contributed by atoms with E-state index in [-0.39, 0.29) is 5.91 Å². The van der Waals surface area contributed by atoms with Gasteiger partial charge in [0.15, 0.2) is 0 Å². The van der Waals surface area contributed by atoms with Crippen molar-refractivity contribution in [2.24, 2.45) is 0 Å². The van der Waals surface area contributed by atoms with E-state index < -0.39 is 0 Å². The van der Waals surface area contributed by atoms with E-state index in [2.05, 4.69) is 29.8 Å². The lowest BCUT2D eigenvalue weighted by atomic mass is 10.1. The average molecular weight is 396 g/mol.